The third-order valence-corrected chi connectivity index (χ3v) is 1.69. The molecule has 0 bridgehead atoms. The summed E-state index contributed by atoms with van der Waals surface area (Å²) in [5.41, 5.74) is 2.30. The standard InChI is InChI=1S/C6H7Cl3/c1-5(3-7)2-6(9)4-8/h2,4H,3H2,1H3/b5-2-,6-4-. The van der Waals surface area contributed by atoms with Gasteiger partial charge >= 0.3 is 0 Å². The Bertz CT molecular complexity index is 135. The zero-order chi connectivity index (χ0) is 7.28. The topological polar surface area (TPSA) is 0 Å². The van der Waals surface area contributed by atoms with Crippen LogP contribution >= 0.6 is 34.8 Å². The van der Waals surface area contributed by atoms with Crippen LogP contribution in [0, 0.1) is 0 Å². The summed E-state index contributed by atoms with van der Waals surface area (Å²) in [7, 11) is 0. The van der Waals surface area contributed by atoms with E-state index in [0.29, 0.717) is 10.9 Å². The molecule has 0 rings (SSSR count). The summed E-state index contributed by atoms with van der Waals surface area (Å²) in [6.45, 7) is 1.88. The summed E-state index contributed by atoms with van der Waals surface area (Å²) in [6, 6.07) is 0. The Kier molecular flexibility index (Phi) is 5.36. The summed E-state index contributed by atoms with van der Waals surface area (Å²) >= 11 is 16.3. The third kappa shape index (κ3) is 4.83. The van der Waals surface area contributed by atoms with Crippen molar-refractivity contribution in [2.75, 3.05) is 5.88 Å². The largest absolute Gasteiger partial charge is 0.122 e. The van der Waals surface area contributed by atoms with E-state index in [1.54, 1.807) is 6.08 Å². The number of hydrogen-bond donors (Lipinski definition) is 0. The van der Waals surface area contributed by atoms with Crippen molar-refractivity contribution < 1.29 is 0 Å². The highest BCUT2D eigenvalue weighted by Gasteiger charge is 1.86. The molecule has 9 heavy (non-hydrogen) atoms. The molecule has 0 amide bonds. The highest BCUT2D eigenvalue weighted by molar-refractivity contribution is 6.37. The van der Waals surface area contributed by atoms with E-state index in [1.165, 1.54) is 5.54 Å². The first-order chi connectivity index (χ1) is 4.20. The van der Waals surface area contributed by atoms with Crippen molar-refractivity contribution in [3.8, 4) is 0 Å². The summed E-state index contributed by atoms with van der Waals surface area (Å²) in [4.78, 5) is 0. The lowest BCUT2D eigenvalue weighted by atomic mass is 10.3. The van der Waals surface area contributed by atoms with Crippen molar-refractivity contribution in [2.45, 2.75) is 6.92 Å². The predicted molar refractivity (Wildman–Crippen MR) is 44.3 cm³/mol. The summed E-state index contributed by atoms with van der Waals surface area (Å²) < 4.78 is 0. The summed E-state index contributed by atoms with van der Waals surface area (Å²) in [6.07, 6.45) is 1.72. The molecule has 0 saturated heterocycles. The maximum Gasteiger partial charge on any atom is 0.0518 e. The van der Waals surface area contributed by atoms with Gasteiger partial charge in [-0.1, -0.05) is 28.8 Å². The fourth-order valence-electron chi connectivity index (χ4n) is 0.305. The molecule has 0 radical (unpaired) electrons. The second-order valence-electron chi connectivity index (χ2n) is 1.62. The molecule has 0 aliphatic carbocycles. The first-order valence-corrected chi connectivity index (χ1v) is 3.74. The molecule has 0 saturated carbocycles. The van der Waals surface area contributed by atoms with Crippen LogP contribution in [-0.2, 0) is 0 Å². The molecule has 0 aliphatic rings. The average molecular weight is 185 g/mol. The normalized spacial score (nSPS) is 14.2. The summed E-state index contributed by atoms with van der Waals surface area (Å²) in [5, 5.41) is 0.509. The van der Waals surface area contributed by atoms with E-state index in [0.717, 1.165) is 5.57 Å². The van der Waals surface area contributed by atoms with Gasteiger partial charge in [0.15, 0.2) is 0 Å². The van der Waals surface area contributed by atoms with Gasteiger partial charge in [0.05, 0.1) is 5.03 Å². The first-order valence-electron chi connectivity index (χ1n) is 2.39. The van der Waals surface area contributed by atoms with Crippen molar-refractivity contribution >= 4 is 34.8 Å². The molecule has 0 aromatic rings. The van der Waals surface area contributed by atoms with Crippen LogP contribution in [-0.4, -0.2) is 5.88 Å². The van der Waals surface area contributed by atoms with Crippen LogP contribution < -0.4 is 0 Å². The minimum absolute atomic E-state index is 0.487. The van der Waals surface area contributed by atoms with Gasteiger partial charge in [0.25, 0.3) is 0 Å². The lowest BCUT2D eigenvalue weighted by molar-refractivity contribution is 1.40. The minimum Gasteiger partial charge on any atom is -0.122 e. The number of alkyl halides is 1. The molecule has 0 N–H and O–H groups in total. The number of allylic oxidation sites excluding steroid dienone is 3. The number of hydrogen-bond acceptors (Lipinski definition) is 0. The Morgan fingerprint density at radius 3 is 2.44 bits per heavy atom. The highest BCUT2D eigenvalue weighted by atomic mass is 35.5. The van der Waals surface area contributed by atoms with E-state index in [1.807, 2.05) is 6.92 Å². The van der Waals surface area contributed by atoms with Crippen LogP contribution in [0.4, 0.5) is 0 Å². The van der Waals surface area contributed by atoms with Crippen LogP contribution in [0.5, 0.6) is 0 Å². The fourth-order valence-corrected chi connectivity index (χ4v) is 0.632. The van der Waals surface area contributed by atoms with Crippen molar-refractivity contribution in [3.05, 3.63) is 22.2 Å². The molecule has 0 atom stereocenters. The van der Waals surface area contributed by atoms with Crippen LogP contribution in [0.1, 0.15) is 6.92 Å². The second kappa shape index (κ2) is 5.16. The molecule has 0 unspecified atom stereocenters. The number of rotatable bonds is 2. The monoisotopic (exact) mass is 184 g/mol. The van der Waals surface area contributed by atoms with Gasteiger partial charge in [0, 0.05) is 11.4 Å². The Morgan fingerprint density at radius 2 is 2.11 bits per heavy atom. The van der Waals surface area contributed by atoms with Gasteiger partial charge in [-0.2, -0.15) is 0 Å². The third-order valence-electron chi connectivity index (χ3n) is 0.699. The lowest BCUT2D eigenvalue weighted by Gasteiger charge is -1.89. The first kappa shape index (κ1) is 9.35. The fraction of sp³-hybridized carbons (Fsp3) is 0.333. The zero-order valence-electron chi connectivity index (χ0n) is 5.00. The Morgan fingerprint density at radius 1 is 1.56 bits per heavy atom. The second-order valence-corrected chi connectivity index (χ2v) is 2.54. The highest BCUT2D eigenvalue weighted by Crippen LogP contribution is 2.08. The SMILES string of the molecule is C/C(=C/C(Cl)=C/Cl)CCl. The van der Waals surface area contributed by atoms with E-state index >= 15 is 0 Å². The van der Waals surface area contributed by atoms with Crippen LogP contribution in [0.25, 0.3) is 0 Å². The van der Waals surface area contributed by atoms with Gasteiger partial charge in [-0.05, 0) is 13.0 Å². The molecule has 0 aromatic carbocycles. The molecule has 0 aromatic heterocycles. The van der Waals surface area contributed by atoms with Crippen LogP contribution in [0.3, 0.4) is 0 Å². The van der Waals surface area contributed by atoms with E-state index in [9.17, 15) is 0 Å². The molecular formula is C6H7Cl3. The predicted octanol–water partition coefficient (Wildman–Crippen LogP) is 3.49. The van der Waals surface area contributed by atoms with Crippen LogP contribution in [0.15, 0.2) is 22.2 Å². The summed E-state index contributed by atoms with van der Waals surface area (Å²) in [5.74, 6) is 0.487. The van der Waals surface area contributed by atoms with Gasteiger partial charge in [0.2, 0.25) is 0 Å². The maximum absolute atomic E-state index is 5.53. The molecule has 0 aliphatic heterocycles. The van der Waals surface area contributed by atoms with E-state index in [4.69, 9.17) is 34.8 Å². The van der Waals surface area contributed by atoms with Gasteiger partial charge < -0.3 is 0 Å². The molecular weight excluding hydrogens is 178 g/mol. The van der Waals surface area contributed by atoms with Crippen molar-refractivity contribution in [2.24, 2.45) is 0 Å². The Balaban J connectivity index is 3.95. The smallest absolute Gasteiger partial charge is 0.0518 e. The van der Waals surface area contributed by atoms with Gasteiger partial charge in [0.1, 0.15) is 0 Å². The molecule has 3 heteroatoms. The van der Waals surface area contributed by atoms with Gasteiger partial charge in [-0.25, -0.2) is 0 Å². The lowest BCUT2D eigenvalue weighted by Crippen LogP contribution is -1.74. The molecule has 0 fully saturated rings. The zero-order valence-corrected chi connectivity index (χ0v) is 7.26. The molecule has 0 heterocycles. The van der Waals surface area contributed by atoms with E-state index < -0.39 is 0 Å². The molecule has 0 nitrogen and oxygen atoms in total. The van der Waals surface area contributed by atoms with Crippen LogP contribution in [0.2, 0.25) is 0 Å². The minimum atomic E-state index is 0.487. The number of halogens is 3. The van der Waals surface area contributed by atoms with E-state index in [-0.39, 0.29) is 0 Å². The molecule has 0 spiro atoms. The average Bonchev–Trinajstić information content (AvgIpc) is 1.87. The van der Waals surface area contributed by atoms with E-state index in [2.05, 4.69) is 0 Å². The van der Waals surface area contributed by atoms with Gasteiger partial charge in [-0.15, -0.1) is 11.6 Å². The Labute approximate surface area is 70.1 Å². The maximum atomic E-state index is 5.53. The van der Waals surface area contributed by atoms with Crippen molar-refractivity contribution in [1.29, 1.82) is 0 Å². The van der Waals surface area contributed by atoms with Crippen molar-refractivity contribution in [1.82, 2.24) is 0 Å². The quantitative estimate of drug-likeness (QED) is 0.456. The Hall–Kier alpha value is 0.350. The molecule has 52 valence electrons. The van der Waals surface area contributed by atoms with Gasteiger partial charge in [-0.3, -0.25) is 0 Å². The van der Waals surface area contributed by atoms with Crippen molar-refractivity contribution in [3.63, 3.8) is 0 Å².